The van der Waals surface area contributed by atoms with Crippen molar-refractivity contribution in [3.63, 3.8) is 0 Å². The van der Waals surface area contributed by atoms with Gasteiger partial charge < -0.3 is 35.5 Å². The number of amides is 2. The first-order valence-corrected chi connectivity index (χ1v) is 12.1. The fourth-order valence-electron chi connectivity index (χ4n) is 3.88. The van der Waals surface area contributed by atoms with Crippen LogP contribution in [0.5, 0.6) is 0 Å². The number of carbonyl (C=O) groups excluding carboxylic acids is 2. The van der Waals surface area contributed by atoms with Crippen LogP contribution in [0.25, 0.3) is 11.2 Å². The van der Waals surface area contributed by atoms with Crippen molar-refractivity contribution in [2.24, 2.45) is 0 Å². The summed E-state index contributed by atoms with van der Waals surface area (Å²) in [6, 6.07) is 0.0713. The average molecular weight is 518 g/mol. The molecule has 0 bridgehead atoms. The molecule has 14 heteroatoms. The van der Waals surface area contributed by atoms with Gasteiger partial charge in [-0.15, -0.1) is 0 Å². The van der Waals surface area contributed by atoms with Crippen LogP contribution >= 0.6 is 0 Å². The third kappa shape index (κ3) is 6.08. The van der Waals surface area contributed by atoms with Crippen LogP contribution in [-0.2, 0) is 19.0 Å². The van der Waals surface area contributed by atoms with Crippen molar-refractivity contribution in [1.29, 1.82) is 0 Å². The van der Waals surface area contributed by atoms with Crippen LogP contribution in [0.4, 0.5) is 10.6 Å². The highest BCUT2D eigenvalue weighted by molar-refractivity contribution is 5.83. The third-order valence-corrected chi connectivity index (χ3v) is 5.97. The second kappa shape index (κ2) is 11.7. The summed E-state index contributed by atoms with van der Waals surface area (Å²) in [5.74, 6) is 5.24. The Labute approximate surface area is 213 Å². The monoisotopic (exact) mass is 517 g/mol. The smallest absolute Gasteiger partial charge is 0.410 e. The molecule has 2 aromatic rings. The van der Waals surface area contributed by atoms with Gasteiger partial charge in [0, 0.05) is 25.8 Å². The Hall–Kier alpha value is -3.51. The molecule has 1 unspecified atom stereocenters. The number of fused-ring (bicyclic) bond motifs is 1. The van der Waals surface area contributed by atoms with Crippen molar-refractivity contribution in [1.82, 2.24) is 29.7 Å². The summed E-state index contributed by atoms with van der Waals surface area (Å²) in [6.45, 7) is 3.44. The van der Waals surface area contributed by atoms with E-state index in [-0.39, 0.29) is 35.4 Å². The van der Waals surface area contributed by atoms with Crippen molar-refractivity contribution in [2.75, 3.05) is 39.1 Å². The van der Waals surface area contributed by atoms with E-state index in [2.05, 4.69) is 32.1 Å². The molecule has 200 valence electrons. The van der Waals surface area contributed by atoms with E-state index in [4.69, 9.17) is 19.9 Å². The Morgan fingerprint density at radius 3 is 2.81 bits per heavy atom. The normalized spacial score (nSPS) is 22.9. The number of aliphatic hydroxyl groups is 2. The third-order valence-electron chi connectivity index (χ3n) is 5.97. The second-order valence-electron chi connectivity index (χ2n) is 8.71. The predicted octanol–water partition coefficient (Wildman–Crippen LogP) is -0.847. The Balaban J connectivity index is 1.51. The number of hydrogen-bond acceptors (Lipinski definition) is 11. The molecule has 4 rings (SSSR count). The largest absolute Gasteiger partial charge is 0.453 e. The SMILES string of the molecule is CCOCCCN(CC#Cc1nc(N)c2ncn([C@@H]3O[C@H](C(=O)NC4CC4)[C@H](O)C3O)c2n1)C(=O)OC. The zero-order valence-electron chi connectivity index (χ0n) is 20.7. The van der Waals surface area contributed by atoms with Gasteiger partial charge in [0.15, 0.2) is 23.8 Å². The number of aromatic nitrogens is 4. The van der Waals surface area contributed by atoms with Gasteiger partial charge in [0.25, 0.3) is 5.91 Å². The number of nitrogens with two attached hydrogens (primary N) is 1. The first kappa shape index (κ1) is 26.6. The molecule has 1 aliphatic carbocycles. The molecule has 2 fully saturated rings. The standard InChI is InChI=1S/C23H31N7O7/c1-3-36-11-5-10-29(23(34)35-2)9-4-6-14-27-19(24)15-20(28-14)30(12-25-15)22-17(32)16(31)18(37-22)21(33)26-13-7-8-13/h12-13,16-18,22,31-32H,3,5,7-11H2,1-2H3,(H,26,33)(H2,24,27,28)/t16-,17?,18+,22-/m1/s1. The zero-order chi connectivity index (χ0) is 26.5. The first-order valence-electron chi connectivity index (χ1n) is 12.1. The van der Waals surface area contributed by atoms with E-state index in [9.17, 15) is 19.8 Å². The minimum Gasteiger partial charge on any atom is -0.453 e. The van der Waals surface area contributed by atoms with E-state index in [0.29, 0.717) is 26.2 Å². The first-order chi connectivity index (χ1) is 17.8. The molecule has 0 radical (unpaired) electrons. The number of hydrogen-bond donors (Lipinski definition) is 4. The lowest BCUT2D eigenvalue weighted by Gasteiger charge is -2.18. The molecule has 37 heavy (non-hydrogen) atoms. The van der Waals surface area contributed by atoms with E-state index < -0.39 is 36.5 Å². The maximum atomic E-state index is 12.4. The summed E-state index contributed by atoms with van der Waals surface area (Å²) in [7, 11) is 1.29. The van der Waals surface area contributed by atoms with Crippen LogP contribution < -0.4 is 11.1 Å². The van der Waals surface area contributed by atoms with E-state index in [1.165, 1.54) is 22.9 Å². The molecule has 2 aliphatic rings. The summed E-state index contributed by atoms with van der Waals surface area (Å²) < 4.78 is 17.2. The molecule has 4 atom stereocenters. The lowest BCUT2D eigenvalue weighted by molar-refractivity contribution is -0.137. The Morgan fingerprint density at radius 2 is 2.11 bits per heavy atom. The van der Waals surface area contributed by atoms with Crippen molar-refractivity contribution in [2.45, 2.75) is 56.8 Å². The number of nitrogen functional groups attached to an aromatic ring is 1. The number of imidazole rings is 1. The Bertz CT molecular complexity index is 1190. The molecular weight excluding hydrogens is 486 g/mol. The predicted molar refractivity (Wildman–Crippen MR) is 129 cm³/mol. The molecule has 14 nitrogen and oxygen atoms in total. The number of methoxy groups -OCH3 is 1. The minimum atomic E-state index is -1.44. The number of carbonyl (C=O) groups is 2. The summed E-state index contributed by atoms with van der Waals surface area (Å²) in [5.41, 5.74) is 6.50. The summed E-state index contributed by atoms with van der Waals surface area (Å²) >= 11 is 0. The lowest BCUT2D eigenvalue weighted by Crippen LogP contribution is -2.43. The molecule has 1 saturated carbocycles. The van der Waals surface area contributed by atoms with Gasteiger partial charge in [0.1, 0.15) is 17.7 Å². The van der Waals surface area contributed by atoms with E-state index in [0.717, 1.165) is 12.8 Å². The highest BCUT2D eigenvalue weighted by Crippen LogP contribution is 2.33. The van der Waals surface area contributed by atoms with Crippen LogP contribution in [0, 0.1) is 11.8 Å². The molecule has 1 saturated heterocycles. The average Bonchev–Trinajstić information content (AvgIpc) is 3.52. The van der Waals surface area contributed by atoms with Crippen molar-refractivity contribution < 1.29 is 34.0 Å². The van der Waals surface area contributed by atoms with Crippen molar-refractivity contribution >= 4 is 29.0 Å². The van der Waals surface area contributed by atoms with Gasteiger partial charge in [-0.05, 0) is 32.1 Å². The van der Waals surface area contributed by atoms with Crippen LogP contribution in [0.3, 0.4) is 0 Å². The number of rotatable bonds is 9. The summed E-state index contributed by atoms with van der Waals surface area (Å²) in [4.78, 5) is 38.6. The summed E-state index contributed by atoms with van der Waals surface area (Å²) in [5, 5.41) is 23.8. The van der Waals surface area contributed by atoms with E-state index in [1.807, 2.05) is 6.92 Å². The van der Waals surface area contributed by atoms with Crippen molar-refractivity contribution in [3.8, 4) is 11.8 Å². The fourth-order valence-corrected chi connectivity index (χ4v) is 3.88. The fraction of sp³-hybridized carbons (Fsp3) is 0.609. The lowest BCUT2D eigenvalue weighted by atomic mass is 10.1. The molecule has 0 aromatic carbocycles. The van der Waals surface area contributed by atoms with Crippen LogP contribution in [0.1, 0.15) is 38.2 Å². The highest BCUT2D eigenvalue weighted by Gasteiger charge is 2.48. The summed E-state index contributed by atoms with van der Waals surface area (Å²) in [6.07, 6.45) is -2.05. The molecule has 0 spiro atoms. The van der Waals surface area contributed by atoms with E-state index >= 15 is 0 Å². The van der Waals surface area contributed by atoms with Crippen molar-refractivity contribution in [3.05, 3.63) is 12.2 Å². The maximum Gasteiger partial charge on any atom is 0.410 e. The molecule has 3 heterocycles. The number of nitrogens with zero attached hydrogens (tertiary/aromatic N) is 5. The number of ether oxygens (including phenoxy) is 3. The number of anilines is 1. The topological polar surface area (TPSA) is 187 Å². The Kier molecular flexibility index (Phi) is 8.39. The van der Waals surface area contributed by atoms with Gasteiger partial charge in [-0.25, -0.2) is 19.7 Å². The molecule has 2 aromatic heterocycles. The maximum absolute atomic E-state index is 12.4. The number of aliphatic hydroxyl groups excluding tert-OH is 2. The van der Waals surface area contributed by atoms with Crippen LogP contribution in [-0.4, -0.2) is 104 Å². The van der Waals surface area contributed by atoms with Gasteiger partial charge in [-0.1, -0.05) is 5.92 Å². The Morgan fingerprint density at radius 1 is 1.32 bits per heavy atom. The van der Waals surface area contributed by atoms with Crippen LogP contribution in [0.15, 0.2) is 6.33 Å². The van der Waals surface area contributed by atoms with Gasteiger partial charge in [-0.3, -0.25) is 14.3 Å². The molecular formula is C23H31N7O7. The zero-order valence-corrected chi connectivity index (χ0v) is 20.7. The highest BCUT2D eigenvalue weighted by atomic mass is 16.6. The van der Waals surface area contributed by atoms with Crippen LogP contribution in [0.2, 0.25) is 0 Å². The van der Waals surface area contributed by atoms with Gasteiger partial charge in [-0.2, -0.15) is 0 Å². The minimum absolute atomic E-state index is 0.0469. The molecule has 5 N–H and O–H groups in total. The quantitative estimate of drug-likeness (QED) is 0.240. The second-order valence-corrected chi connectivity index (χ2v) is 8.71. The van der Waals surface area contributed by atoms with E-state index in [1.54, 1.807) is 0 Å². The molecule has 2 amide bonds. The van der Waals surface area contributed by atoms with Gasteiger partial charge in [0.2, 0.25) is 5.82 Å². The van der Waals surface area contributed by atoms with Gasteiger partial charge in [0.05, 0.1) is 20.0 Å². The number of nitrogens with one attached hydrogen (secondary N) is 1. The molecule has 1 aliphatic heterocycles. The van der Waals surface area contributed by atoms with Gasteiger partial charge >= 0.3 is 6.09 Å².